The molecule has 5 N–H and O–H groups in total. The first kappa shape index (κ1) is 26.1. The van der Waals surface area contributed by atoms with Gasteiger partial charge in [0.2, 0.25) is 0 Å². The summed E-state index contributed by atoms with van der Waals surface area (Å²) in [6.45, 7) is 2.16. The maximum absolute atomic E-state index is 12.5. The van der Waals surface area contributed by atoms with Crippen LogP contribution in [-0.2, 0) is 38.4 Å². The van der Waals surface area contributed by atoms with E-state index in [1.54, 1.807) is 0 Å². The molecule has 18 heteroatoms. The van der Waals surface area contributed by atoms with Gasteiger partial charge in [-0.2, -0.15) is 4.31 Å². The zero-order valence-electron chi connectivity index (χ0n) is 17.1. The fraction of sp³-hybridized carbons (Fsp3) is 0.667. The van der Waals surface area contributed by atoms with Crippen LogP contribution in [0, 0.1) is 0 Å². The molecule has 16 nitrogen and oxygen atoms in total. The number of ether oxygens (including phenoxy) is 2. The molecule has 1 aromatic heterocycles. The number of amides is 1. The van der Waals surface area contributed by atoms with E-state index in [9.17, 15) is 33.9 Å². The summed E-state index contributed by atoms with van der Waals surface area (Å²) in [6.07, 6.45) is -4.34. The molecule has 0 aromatic carbocycles. The molecular formula is C15H24N4O12P2. The van der Waals surface area contributed by atoms with Crippen LogP contribution in [0.5, 0.6) is 0 Å². The molecule has 0 saturated carbocycles. The van der Waals surface area contributed by atoms with E-state index in [-0.39, 0.29) is 37.6 Å². The number of hydrogen-bond donors (Lipinski definition) is 5. The topological polar surface area (TPSA) is 221 Å². The van der Waals surface area contributed by atoms with Crippen molar-refractivity contribution in [3.63, 3.8) is 0 Å². The van der Waals surface area contributed by atoms with Crippen molar-refractivity contribution in [1.29, 1.82) is 0 Å². The van der Waals surface area contributed by atoms with Gasteiger partial charge < -0.3 is 34.8 Å². The third-order valence-electron chi connectivity index (χ3n) is 4.54. The average molecular weight is 514 g/mol. The minimum absolute atomic E-state index is 0.00343. The van der Waals surface area contributed by atoms with E-state index in [0.29, 0.717) is 0 Å². The summed E-state index contributed by atoms with van der Waals surface area (Å²) in [4.78, 5) is 31.8. The highest BCUT2D eigenvalue weighted by molar-refractivity contribution is 7.61. The fourth-order valence-electron chi connectivity index (χ4n) is 3.07. The van der Waals surface area contributed by atoms with E-state index >= 15 is 0 Å². The summed E-state index contributed by atoms with van der Waals surface area (Å²) < 4.78 is 48.9. The van der Waals surface area contributed by atoms with Crippen molar-refractivity contribution in [2.24, 2.45) is 0 Å². The maximum atomic E-state index is 12.5. The zero-order valence-corrected chi connectivity index (χ0v) is 18.9. The molecule has 2 aliphatic rings. The highest BCUT2D eigenvalue weighted by Crippen LogP contribution is 2.60. The SMILES string of the molecule is C=CCc1c2nnn1[C@@H]1O[C@H](COP(=O)(O)OP(=O)(O)OCCOCCNC2=O)[C@@H](O)[C@H]1O. The number of phosphoric acid groups is 2. The number of carbonyl (C=O) groups excluding carboxylic acids is 1. The Kier molecular flexibility index (Phi) is 8.53. The average Bonchev–Trinajstić information content (AvgIpc) is 3.26. The number of phosphoric ester groups is 2. The first-order valence-corrected chi connectivity index (χ1v) is 12.6. The number of aliphatic hydroxyl groups excluding tert-OH is 2. The first-order chi connectivity index (χ1) is 15.5. The highest BCUT2D eigenvalue weighted by atomic mass is 31.3. The van der Waals surface area contributed by atoms with Gasteiger partial charge in [0.1, 0.15) is 18.3 Å². The predicted octanol–water partition coefficient (Wildman–Crippen LogP) is -1.36. The predicted molar refractivity (Wildman–Crippen MR) is 106 cm³/mol. The third kappa shape index (κ3) is 6.53. The van der Waals surface area contributed by atoms with Gasteiger partial charge in [-0.1, -0.05) is 11.3 Å². The summed E-state index contributed by atoms with van der Waals surface area (Å²) in [5.41, 5.74) is 0.153. The minimum Gasteiger partial charge on any atom is -0.387 e. The Hall–Kier alpha value is -1.55. The van der Waals surface area contributed by atoms with Gasteiger partial charge in [-0.25, -0.2) is 13.8 Å². The molecule has 1 aromatic rings. The fourth-order valence-corrected chi connectivity index (χ4v) is 5.13. The normalized spacial score (nSPS) is 36.9. The lowest BCUT2D eigenvalue weighted by Crippen LogP contribution is -2.34. The van der Waals surface area contributed by atoms with Gasteiger partial charge in [0.25, 0.3) is 5.91 Å². The van der Waals surface area contributed by atoms with Crippen LogP contribution in [0.25, 0.3) is 0 Å². The number of carbonyl (C=O) groups is 1. The van der Waals surface area contributed by atoms with Crippen LogP contribution in [0.2, 0.25) is 0 Å². The maximum Gasteiger partial charge on any atom is 0.481 e. The van der Waals surface area contributed by atoms with Crippen LogP contribution in [0.3, 0.4) is 0 Å². The van der Waals surface area contributed by atoms with Crippen molar-refractivity contribution >= 4 is 21.6 Å². The van der Waals surface area contributed by atoms with Crippen LogP contribution in [0.15, 0.2) is 12.7 Å². The minimum atomic E-state index is -5.13. The van der Waals surface area contributed by atoms with Gasteiger partial charge in [-0.15, -0.1) is 11.7 Å². The monoisotopic (exact) mass is 514 g/mol. The van der Waals surface area contributed by atoms with Gasteiger partial charge in [0.05, 0.1) is 32.1 Å². The van der Waals surface area contributed by atoms with Crippen molar-refractivity contribution in [1.82, 2.24) is 20.3 Å². The molecular weight excluding hydrogens is 490 g/mol. The molecule has 186 valence electrons. The number of hydrogen-bond acceptors (Lipinski definition) is 12. The zero-order chi connectivity index (χ0) is 24.2. The Morgan fingerprint density at radius 3 is 2.61 bits per heavy atom. The second-order valence-corrected chi connectivity index (χ2v) is 9.93. The lowest BCUT2D eigenvalue weighted by atomic mass is 10.1. The number of aromatic nitrogens is 3. The number of aliphatic hydroxyl groups is 2. The van der Waals surface area contributed by atoms with Crippen LogP contribution >= 0.6 is 15.6 Å². The van der Waals surface area contributed by atoms with Gasteiger partial charge in [-0.3, -0.25) is 13.8 Å². The molecule has 3 heterocycles. The third-order valence-corrected chi connectivity index (χ3v) is 7.18. The van der Waals surface area contributed by atoms with Gasteiger partial charge >= 0.3 is 15.6 Å². The molecule has 0 radical (unpaired) electrons. The number of fused-ring (bicyclic) bond motifs is 5. The number of nitrogens with zero attached hydrogens (tertiary/aromatic N) is 3. The Morgan fingerprint density at radius 1 is 1.15 bits per heavy atom. The van der Waals surface area contributed by atoms with Gasteiger partial charge in [0, 0.05) is 13.0 Å². The Balaban J connectivity index is 1.87. The van der Waals surface area contributed by atoms with E-state index in [2.05, 4.69) is 35.6 Å². The molecule has 2 aliphatic heterocycles. The summed E-state index contributed by atoms with van der Waals surface area (Å²) >= 11 is 0. The van der Waals surface area contributed by atoms with Gasteiger partial charge in [0.15, 0.2) is 11.9 Å². The molecule has 3 rings (SSSR count). The molecule has 1 saturated heterocycles. The molecule has 6 atom stereocenters. The van der Waals surface area contributed by atoms with Crippen molar-refractivity contribution in [2.75, 3.05) is 33.0 Å². The molecule has 33 heavy (non-hydrogen) atoms. The Morgan fingerprint density at radius 2 is 1.88 bits per heavy atom. The summed E-state index contributed by atoms with van der Waals surface area (Å²) in [6, 6.07) is 0. The smallest absolute Gasteiger partial charge is 0.387 e. The van der Waals surface area contributed by atoms with Crippen LogP contribution in [0.1, 0.15) is 22.4 Å². The first-order valence-electron chi connectivity index (χ1n) is 9.63. The van der Waals surface area contributed by atoms with Crippen LogP contribution in [-0.4, -0.2) is 92.2 Å². The van der Waals surface area contributed by atoms with E-state index in [4.69, 9.17) is 9.47 Å². The summed E-state index contributed by atoms with van der Waals surface area (Å²) in [7, 11) is -10.1. The summed E-state index contributed by atoms with van der Waals surface area (Å²) in [5, 5.41) is 30.9. The Bertz CT molecular complexity index is 957. The van der Waals surface area contributed by atoms with Crippen LogP contribution in [0.4, 0.5) is 0 Å². The Labute approximate surface area is 187 Å². The quantitative estimate of drug-likeness (QED) is 0.227. The van der Waals surface area contributed by atoms with Crippen molar-refractivity contribution in [2.45, 2.75) is 31.0 Å². The van der Waals surface area contributed by atoms with Crippen molar-refractivity contribution < 1.29 is 56.8 Å². The number of rotatable bonds is 2. The van der Waals surface area contributed by atoms with E-state index in [0.717, 1.165) is 4.68 Å². The molecule has 0 spiro atoms. The van der Waals surface area contributed by atoms with E-state index in [1.165, 1.54) is 6.08 Å². The second-order valence-electron chi connectivity index (χ2n) is 6.88. The van der Waals surface area contributed by atoms with Crippen LogP contribution < -0.4 is 5.32 Å². The standard InChI is InChI=1S/C15H24N4O12P2/c1-2-3-9-11-14(22)16-4-5-27-6-7-28-32(23,24)31-33(25,26)29-8-10-12(20)13(21)15(30-10)19(9)18-17-11/h2,10,12-13,15,20-21H,1,3-8H2,(H,16,22)(H,23,24)(H,25,26)/t10-,12-,13-,15-/m1/s1. The molecule has 1 amide bonds. The van der Waals surface area contributed by atoms with E-state index in [1.807, 2.05) is 0 Å². The number of nitrogens with one attached hydrogen (secondary N) is 1. The molecule has 4 bridgehead atoms. The largest absolute Gasteiger partial charge is 0.481 e. The summed E-state index contributed by atoms with van der Waals surface area (Å²) in [5.74, 6) is -0.599. The number of allylic oxidation sites excluding steroid dienone is 1. The molecule has 2 unspecified atom stereocenters. The van der Waals surface area contributed by atoms with Crippen molar-refractivity contribution in [3.05, 3.63) is 24.0 Å². The highest BCUT2D eigenvalue weighted by Gasteiger charge is 2.47. The lowest BCUT2D eigenvalue weighted by molar-refractivity contribution is -0.0598. The molecule has 1 fully saturated rings. The second kappa shape index (κ2) is 10.8. The molecule has 0 aliphatic carbocycles. The van der Waals surface area contributed by atoms with E-state index < -0.39 is 59.3 Å². The lowest BCUT2D eigenvalue weighted by Gasteiger charge is -2.19. The van der Waals surface area contributed by atoms with Crippen molar-refractivity contribution in [3.8, 4) is 0 Å². The van der Waals surface area contributed by atoms with Gasteiger partial charge in [-0.05, 0) is 0 Å².